The molecule has 1 unspecified atom stereocenters. The lowest BCUT2D eigenvalue weighted by atomic mass is 9.74. The molecule has 1 atom stereocenters. The van der Waals surface area contributed by atoms with Crippen molar-refractivity contribution >= 4 is 0 Å². The molecule has 2 rings (SSSR count). The lowest BCUT2D eigenvalue weighted by molar-refractivity contribution is 0.203. The summed E-state index contributed by atoms with van der Waals surface area (Å²) >= 11 is 0. The van der Waals surface area contributed by atoms with Crippen molar-refractivity contribution in [1.82, 2.24) is 5.32 Å². The number of hydrogen-bond donors (Lipinski definition) is 2. The molecule has 4 nitrogen and oxygen atoms in total. The fourth-order valence-electron chi connectivity index (χ4n) is 2.70. The van der Waals surface area contributed by atoms with Crippen molar-refractivity contribution < 1.29 is 9.47 Å². The SMILES string of the molecule is CNC(c1ccc(OC)c(OC)c1)C1CC(N)C1. The molecule has 1 aliphatic carbocycles. The summed E-state index contributed by atoms with van der Waals surface area (Å²) in [6, 6.07) is 6.79. The highest BCUT2D eigenvalue weighted by atomic mass is 16.5. The van der Waals surface area contributed by atoms with Crippen LogP contribution in [0.5, 0.6) is 11.5 Å². The lowest BCUT2D eigenvalue weighted by Crippen LogP contribution is -2.42. The molecule has 1 aliphatic rings. The van der Waals surface area contributed by atoms with Crippen molar-refractivity contribution in [1.29, 1.82) is 0 Å². The number of rotatable bonds is 5. The van der Waals surface area contributed by atoms with Crippen molar-refractivity contribution in [3.05, 3.63) is 23.8 Å². The fraction of sp³-hybridized carbons (Fsp3) is 0.571. The fourth-order valence-corrected chi connectivity index (χ4v) is 2.70. The molecule has 0 aliphatic heterocycles. The molecule has 0 radical (unpaired) electrons. The van der Waals surface area contributed by atoms with E-state index in [4.69, 9.17) is 15.2 Å². The Balaban J connectivity index is 2.20. The van der Waals surface area contributed by atoms with E-state index in [0.717, 1.165) is 24.3 Å². The van der Waals surface area contributed by atoms with Gasteiger partial charge in [0.2, 0.25) is 0 Å². The summed E-state index contributed by atoms with van der Waals surface area (Å²) in [6.07, 6.45) is 2.17. The van der Waals surface area contributed by atoms with Crippen molar-refractivity contribution in [3.8, 4) is 11.5 Å². The van der Waals surface area contributed by atoms with E-state index < -0.39 is 0 Å². The van der Waals surface area contributed by atoms with Crippen LogP contribution in [-0.4, -0.2) is 27.3 Å². The van der Waals surface area contributed by atoms with Gasteiger partial charge in [-0.3, -0.25) is 0 Å². The van der Waals surface area contributed by atoms with Crippen LogP contribution in [0.25, 0.3) is 0 Å². The minimum absolute atomic E-state index is 0.338. The Kier molecular flexibility index (Phi) is 4.09. The van der Waals surface area contributed by atoms with Crippen molar-refractivity contribution in [2.75, 3.05) is 21.3 Å². The van der Waals surface area contributed by atoms with Gasteiger partial charge in [-0.15, -0.1) is 0 Å². The summed E-state index contributed by atoms with van der Waals surface area (Å²) in [4.78, 5) is 0. The smallest absolute Gasteiger partial charge is 0.161 e. The van der Waals surface area contributed by atoms with Gasteiger partial charge in [0.05, 0.1) is 14.2 Å². The van der Waals surface area contributed by atoms with Gasteiger partial charge in [-0.25, -0.2) is 0 Å². The van der Waals surface area contributed by atoms with Crippen LogP contribution in [0.4, 0.5) is 0 Å². The van der Waals surface area contributed by atoms with Crippen LogP contribution in [0.3, 0.4) is 0 Å². The second kappa shape index (κ2) is 5.59. The van der Waals surface area contributed by atoms with Crippen LogP contribution in [0.2, 0.25) is 0 Å². The quantitative estimate of drug-likeness (QED) is 0.835. The van der Waals surface area contributed by atoms with E-state index in [9.17, 15) is 0 Å². The van der Waals surface area contributed by atoms with Crippen LogP contribution in [0.1, 0.15) is 24.4 Å². The molecule has 0 heterocycles. The molecule has 0 bridgehead atoms. The van der Waals surface area contributed by atoms with Crippen molar-refractivity contribution in [3.63, 3.8) is 0 Å². The molecule has 100 valence electrons. The second-order valence-corrected chi connectivity index (χ2v) is 4.87. The highest BCUT2D eigenvalue weighted by Gasteiger charge is 2.33. The maximum Gasteiger partial charge on any atom is 0.161 e. The molecule has 1 aromatic carbocycles. The first-order valence-corrected chi connectivity index (χ1v) is 6.34. The summed E-state index contributed by atoms with van der Waals surface area (Å²) in [5.74, 6) is 2.16. The van der Waals surface area contributed by atoms with Crippen LogP contribution < -0.4 is 20.5 Å². The number of ether oxygens (including phenoxy) is 2. The topological polar surface area (TPSA) is 56.5 Å². The Labute approximate surface area is 108 Å². The highest BCUT2D eigenvalue weighted by Crippen LogP contribution is 2.39. The van der Waals surface area contributed by atoms with Crippen molar-refractivity contribution in [2.24, 2.45) is 11.7 Å². The zero-order valence-electron chi connectivity index (χ0n) is 11.3. The Morgan fingerprint density at radius 1 is 1.22 bits per heavy atom. The lowest BCUT2D eigenvalue weighted by Gasteiger charge is -2.38. The van der Waals surface area contributed by atoms with Gasteiger partial charge in [0, 0.05) is 12.1 Å². The average Bonchev–Trinajstić information content (AvgIpc) is 2.37. The first kappa shape index (κ1) is 13.2. The summed E-state index contributed by atoms with van der Waals surface area (Å²) in [6.45, 7) is 0. The first-order chi connectivity index (χ1) is 8.69. The molecule has 18 heavy (non-hydrogen) atoms. The van der Waals surface area contributed by atoms with Gasteiger partial charge < -0.3 is 20.5 Å². The minimum Gasteiger partial charge on any atom is -0.493 e. The van der Waals surface area contributed by atoms with Gasteiger partial charge >= 0.3 is 0 Å². The monoisotopic (exact) mass is 250 g/mol. The third-order valence-electron chi connectivity index (χ3n) is 3.76. The number of nitrogens with two attached hydrogens (primary N) is 1. The molecule has 0 saturated heterocycles. The molecule has 1 aromatic rings. The molecule has 4 heteroatoms. The van der Waals surface area contributed by atoms with E-state index in [1.807, 2.05) is 19.2 Å². The van der Waals surface area contributed by atoms with Gasteiger partial charge in [-0.2, -0.15) is 0 Å². The Morgan fingerprint density at radius 3 is 2.39 bits per heavy atom. The van der Waals surface area contributed by atoms with E-state index in [-0.39, 0.29) is 0 Å². The molecule has 1 fully saturated rings. The standard InChI is InChI=1S/C14H22N2O2/c1-16-14(10-6-11(15)7-10)9-4-5-12(17-2)13(8-9)18-3/h4-5,8,10-11,14,16H,6-7,15H2,1-3H3. The van der Waals surface area contributed by atoms with Crippen molar-refractivity contribution in [2.45, 2.75) is 24.9 Å². The summed E-state index contributed by atoms with van der Waals surface area (Å²) in [5, 5.41) is 3.38. The zero-order chi connectivity index (χ0) is 13.1. The third-order valence-corrected chi connectivity index (χ3v) is 3.76. The first-order valence-electron chi connectivity index (χ1n) is 6.34. The van der Waals surface area contributed by atoms with E-state index in [2.05, 4.69) is 11.4 Å². The molecule has 0 amide bonds. The molecule has 0 aromatic heterocycles. The summed E-state index contributed by atoms with van der Waals surface area (Å²) in [5.41, 5.74) is 7.10. The third kappa shape index (κ3) is 2.44. The predicted molar refractivity (Wildman–Crippen MR) is 72.0 cm³/mol. The van der Waals surface area contributed by atoms with E-state index in [1.165, 1.54) is 5.56 Å². The molecule has 0 spiro atoms. The van der Waals surface area contributed by atoms with E-state index >= 15 is 0 Å². The second-order valence-electron chi connectivity index (χ2n) is 4.87. The molecular weight excluding hydrogens is 228 g/mol. The zero-order valence-corrected chi connectivity index (χ0v) is 11.3. The van der Waals surface area contributed by atoms with Gasteiger partial charge in [0.15, 0.2) is 11.5 Å². The van der Waals surface area contributed by atoms with Crippen LogP contribution in [0, 0.1) is 5.92 Å². The predicted octanol–water partition coefficient (Wildman–Crippen LogP) is 1.70. The molecular formula is C14H22N2O2. The maximum absolute atomic E-state index is 5.87. The number of hydrogen-bond acceptors (Lipinski definition) is 4. The minimum atomic E-state index is 0.338. The van der Waals surface area contributed by atoms with Crippen LogP contribution in [0.15, 0.2) is 18.2 Å². The van der Waals surface area contributed by atoms with Crippen LogP contribution in [-0.2, 0) is 0 Å². The Morgan fingerprint density at radius 2 is 1.89 bits per heavy atom. The molecule has 3 N–H and O–H groups in total. The number of methoxy groups -OCH3 is 2. The average molecular weight is 250 g/mol. The number of benzene rings is 1. The van der Waals surface area contributed by atoms with Gasteiger partial charge in [0.25, 0.3) is 0 Å². The van der Waals surface area contributed by atoms with Crippen LogP contribution >= 0.6 is 0 Å². The normalized spacial score (nSPS) is 24.2. The van der Waals surface area contributed by atoms with Gasteiger partial charge in [0.1, 0.15) is 0 Å². The summed E-state index contributed by atoms with van der Waals surface area (Å²) in [7, 11) is 5.30. The summed E-state index contributed by atoms with van der Waals surface area (Å²) < 4.78 is 10.6. The largest absolute Gasteiger partial charge is 0.493 e. The Bertz CT molecular complexity index is 403. The van der Waals surface area contributed by atoms with E-state index in [0.29, 0.717) is 18.0 Å². The number of nitrogens with one attached hydrogen (secondary N) is 1. The maximum atomic E-state index is 5.87. The van der Waals surface area contributed by atoms with Gasteiger partial charge in [-0.05, 0) is 43.5 Å². The molecule has 1 saturated carbocycles. The van der Waals surface area contributed by atoms with E-state index in [1.54, 1.807) is 14.2 Å². The highest BCUT2D eigenvalue weighted by molar-refractivity contribution is 5.44. The van der Waals surface area contributed by atoms with Gasteiger partial charge in [-0.1, -0.05) is 6.07 Å². The Hall–Kier alpha value is -1.26.